The summed E-state index contributed by atoms with van der Waals surface area (Å²) in [6.45, 7) is 0.888. The second-order valence-electron chi connectivity index (χ2n) is 6.77. The zero-order valence-electron chi connectivity index (χ0n) is 14.8. The molecule has 11 heteroatoms. The molecule has 0 spiro atoms. The molecule has 0 saturated carbocycles. The van der Waals surface area contributed by atoms with E-state index in [1.54, 1.807) is 12.1 Å². The van der Waals surface area contributed by atoms with E-state index in [-0.39, 0.29) is 36.0 Å². The van der Waals surface area contributed by atoms with Crippen LogP contribution in [0, 0.1) is 0 Å². The maximum atomic E-state index is 12.7. The molecule has 4 rings (SSSR count). The topological polar surface area (TPSA) is 114 Å². The van der Waals surface area contributed by atoms with Gasteiger partial charge in [-0.3, -0.25) is 9.59 Å². The largest absolute Gasteiger partial charge is 0.486 e. The lowest BCUT2D eigenvalue weighted by atomic mass is 10.1. The molecule has 1 saturated heterocycles. The number of sulfone groups is 1. The van der Waals surface area contributed by atoms with Gasteiger partial charge in [-0.2, -0.15) is 5.10 Å². The third-order valence-corrected chi connectivity index (χ3v) is 7.16. The van der Waals surface area contributed by atoms with Crippen LogP contribution < -0.4 is 14.8 Å². The van der Waals surface area contributed by atoms with Crippen LogP contribution in [0.15, 0.2) is 21.7 Å². The summed E-state index contributed by atoms with van der Waals surface area (Å²) >= 11 is 3.39. The van der Waals surface area contributed by atoms with Crippen molar-refractivity contribution in [2.24, 2.45) is 5.10 Å². The quantitative estimate of drug-likeness (QED) is 0.710. The Balaban J connectivity index is 1.53. The van der Waals surface area contributed by atoms with E-state index in [1.165, 1.54) is 5.01 Å². The van der Waals surface area contributed by atoms with Crippen molar-refractivity contribution in [2.45, 2.75) is 25.3 Å². The molecular weight excluding hydrogens is 454 g/mol. The molecule has 28 heavy (non-hydrogen) atoms. The van der Waals surface area contributed by atoms with E-state index >= 15 is 0 Å². The number of carbonyl (C=O) groups is 2. The Labute approximate surface area is 170 Å². The van der Waals surface area contributed by atoms with E-state index in [1.807, 2.05) is 0 Å². The molecule has 3 aliphatic heterocycles. The van der Waals surface area contributed by atoms with Crippen molar-refractivity contribution in [1.29, 1.82) is 0 Å². The molecule has 150 valence electrons. The SMILES string of the molecule is O=C(Nc1cc2c(cc1Br)OCCO2)C1=NN(C2CCS(=O)(=O)C2)C(=O)CC1. The molecule has 0 bridgehead atoms. The second-order valence-corrected chi connectivity index (χ2v) is 9.85. The van der Waals surface area contributed by atoms with Gasteiger partial charge in [0.05, 0.1) is 23.2 Å². The average Bonchev–Trinajstić information content (AvgIpc) is 3.02. The first-order valence-corrected chi connectivity index (χ1v) is 11.4. The lowest BCUT2D eigenvalue weighted by Crippen LogP contribution is -2.42. The Kier molecular flexibility index (Phi) is 5.04. The van der Waals surface area contributed by atoms with Gasteiger partial charge in [-0.25, -0.2) is 13.4 Å². The van der Waals surface area contributed by atoms with Crippen LogP contribution in [0.1, 0.15) is 19.3 Å². The highest BCUT2D eigenvalue weighted by Gasteiger charge is 2.37. The number of amides is 2. The van der Waals surface area contributed by atoms with E-state index < -0.39 is 21.8 Å². The molecule has 1 unspecified atom stereocenters. The maximum Gasteiger partial charge on any atom is 0.271 e. The molecule has 0 aromatic heterocycles. The standard InChI is InChI=1S/C17H18BrN3O6S/c18-11-7-14-15(27-5-4-26-14)8-13(11)19-17(23)12-1-2-16(22)21(20-12)10-3-6-28(24,25)9-10/h7-8,10H,1-6,9H2,(H,19,23). The summed E-state index contributed by atoms with van der Waals surface area (Å²) < 4.78 is 35.1. The van der Waals surface area contributed by atoms with Crippen LogP contribution in [-0.2, 0) is 19.4 Å². The smallest absolute Gasteiger partial charge is 0.271 e. The second kappa shape index (κ2) is 7.36. The molecule has 3 aliphatic rings. The zero-order chi connectivity index (χ0) is 19.9. The van der Waals surface area contributed by atoms with E-state index in [0.29, 0.717) is 41.3 Å². The Morgan fingerprint density at radius 2 is 1.93 bits per heavy atom. The number of ether oxygens (including phenoxy) is 2. The Bertz CT molecular complexity index is 977. The van der Waals surface area contributed by atoms with Crippen molar-refractivity contribution < 1.29 is 27.5 Å². The maximum absolute atomic E-state index is 12.7. The predicted molar refractivity (Wildman–Crippen MR) is 104 cm³/mol. The summed E-state index contributed by atoms with van der Waals surface area (Å²) in [7, 11) is -3.16. The number of halogens is 1. The summed E-state index contributed by atoms with van der Waals surface area (Å²) in [4.78, 5) is 24.9. The van der Waals surface area contributed by atoms with Crippen LogP contribution >= 0.6 is 15.9 Å². The first-order valence-electron chi connectivity index (χ1n) is 8.83. The molecule has 1 N–H and O–H groups in total. The summed E-state index contributed by atoms with van der Waals surface area (Å²) in [5, 5.41) is 8.11. The summed E-state index contributed by atoms with van der Waals surface area (Å²) in [5.74, 6) is 0.316. The molecule has 9 nitrogen and oxygen atoms in total. The van der Waals surface area contributed by atoms with Crippen molar-refractivity contribution in [2.75, 3.05) is 30.0 Å². The molecule has 3 heterocycles. The van der Waals surface area contributed by atoms with Gasteiger partial charge in [0, 0.05) is 29.4 Å². The third-order valence-electron chi connectivity index (χ3n) is 4.76. The highest BCUT2D eigenvalue weighted by molar-refractivity contribution is 9.10. The normalized spacial score (nSPS) is 23.3. The van der Waals surface area contributed by atoms with E-state index in [4.69, 9.17) is 9.47 Å². The molecule has 0 aliphatic carbocycles. The number of hydrogen-bond donors (Lipinski definition) is 1. The third kappa shape index (κ3) is 3.86. The van der Waals surface area contributed by atoms with Gasteiger partial charge in [0.1, 0.15) is 18.9 Å². The highest BCUT2D eigenvalue weighted by Crippen LogP contribution is 2.38. The van der Waals surface area contributed by atoms with Gasteiger partial charge >= 0.3 is 0 Å². The zero-order valence-corrected chi connectivity index (χ0v) is 17.2. The van der Waals surface area contributed by atoms with Crippen LogP contribution in [0.3, 0.4) is 0 Å². The van der Waals surface area contributed by atoms with Crippen LogP contribution in [-0.4, -0.2) is 61.7 Å². The van der Waals surface area contributed by atoms with Crippen molar-refractivity contribution in [3.63, 3.8) is 0 Å². The molecule has 1 aromatic carbocycles. The van der Waals surface area contributed by atoms with E-state index in [9.17, 15) is 18.0 Å². The number of hydrogen-bond acceptors (Lipinski definition) is 7. The number of benzene rings is 1. The average molecular weight is 472 g/mol. The molecule has 1 aromatic rings. The number of rotatable bonds is 3. The lowest BCUT2D eigenvalue weighted by Gasteiger charge is -2.27. The lowest BCUT2D eigenvalue weighted by molar-refractivity contribution is -0.133. The number of hydrazone groups is 1. The fourth-order valence-electron chi connectivity index (χ4n) is 3.34. The fraction of sp³-hybridized carbons (Fsp3) is 0.471. The molecule has 2 amide bonds. The predicted octanol–water partition coefficient (Wildman–Crippen LogP) is 1.32. The van der Waals surface area contributed by atoms with Gasteiger partial charge in [-0.05, 0) is 22.4 Å². The Morgan fingerprint density at radius 1 is 1.21 bits per heavy atom. The number of fused-ring (bicyclic) bond motifs is 1. The number of nitrogens with zero attached hydrogens (tertiary/aromatic N) is 2. The monoisotopic (exact) mass is 471 g/mol. The van der Waals surface area contributed by atoms with Gasteiger partial charge in [0.15, 0.2) is 21.3 Å². The first-order chi connectivity index (χ1) is 13.3. The van der Waals surface area contributed by atoms with E-state index in [0.717, 1.165) is 0 Å². The molecule has 1 atom stereocenters. The summed E-state index contributed by atoms with van der Waals surface area (Å²) in [6, 6.07) is 2.86. The van der Waals surface area contributed by atoms with Crippen molar-refractivity contribution in [1.82, 2.24) is 5.01 Å². The van der Waals surface area contributed by atoms with Crippen molar-refractivity contribution in [3.8, 4) is 11.5 Å². The van der Waals surface area contributed by atoms with Gasteiger partial charge in [-0.1, -0.05) is 0 Å². The Hall–Kier alpha value is -2.14. The van der Waals surface area contributed by atoms with Crippen LogP contribution in [0.4, 0.5) is 5.69 Å². The summed E-state index contributed by atoms with van der Waals surface area (Å²) in [6.07, 6.45) is 0.647. The molecule has 1 fully saturated rings. The molecular formula is C17H18BrN3O6S. The Morgan fingerprint density at radius 3 is 2.61 bits per heavy atom. The van der Waals surface area contributed by atoms with Crippen LogP contribution in [0.5, 0.6) is 11.5 Å². The number of nitrogens with one attached hydrogen (secondary N) is 1. The first kappa shape index (κ1) is 19.2. The van der Waals surface area contributed by atoms with Crippen LogP contribution in [0.2, 0.25) is 0 Å². The minimum atomic E-state index is -3.16. The number of carbonyl (C=O) groups excluding carboxylic acids is 2. The van der Waals surface area contributed by atoms with Gasteiger partial charge in [0.2, 0.25) is 5.91 Å². The van der Waals surface area contributed by atoms with Crippen molar-refractivity contribution in [3.05, 3.63) is 16.6 Å². The van der Waals surface area contributed by atoms with Gasteiger partial charge in [-0.15, -0.1) is 0 Å². The summed E-state index contributed by atoms with van der Waals surface area (Å²) in [5.41, 5.74) is 0.675. The van der Waals surface area contributed by atoms with Crippen LogP contribution in [0.25, 0.3) is 0 Å². The fourth-order valence-corrected chi connectivity index (χ4v) is 5.46. The number of anilines is 1. The van der Waals surface area contributed by atoms with Gasteiger partial charge in [0.25, 0.3) is 5.91 Å². The van der Waals surface area contributed by atoms with E-state index in [2.05, 4.69) is 26.3 Å². The van der Waals surface area contributed by atoms with Crippen molar-refractivity contribution >= 4 is 49.0 Å². The molecule has 0 radical (unpaired) electrons. The highest BCUT2D eigenvalue weighted by atomic mass is 79.9. The minimum absolute atomic E-state index is 0.0304. The minimum Gasteiger partial charge on any atom is -0.486 e. The van der Waals surface area contributed by atoms with Gasteiger partial charge < -0.3 is 14.8 Å².